The third-order valence-corrected chi connectivity index (χ3v) is 6.65. The molecule has 1 saturated heterocycles. The molecule has 0 spiro atoms. The summed E-state index contributed by atoms with van der Waals surface area (Å²) in [5.41, 5.74) is 4.30. The van der Waals surface area contributed by atoms with Gasteiger partial charge in [-0.05, 0) is 55.3 Å². The first-order valence-electron chi connectivity index (χ1n) is 10.2. The van der Waals surface area contributed by atoms with E-state index >= 15 is 0 Å². The summed E-state index contributed by atoms with van der Waals surface area (Å²) < 4.78 is 17.4. The minimum absolute atomic E-state index is 0.139. The van der Waals surface area contributed by atoms with E-state index in [1.54, 1.807) is 36.3 Å². The number of ether oxygens (including phenoxy) is 1. The number of carbonyl (C=O) groups is 2. The molecule has 0 unspecified atom stereocenters. The third kappa shape index (κ3) is 6.07. The number of rotatable bonds is 7. The van der Waals surface area contributed by atoms with Gasteiger partial charge in [-0.1, -0.05) is 12.1 Å². The van der Waals surface area contributed by atoms with Crippen LogP contribution >= 0.6 is 0 Å². The number of carbonyl (C=O) groups excluding carboxylic acids is 2. The maximum absolute atomic E-state index is 12.6. The molecule has 1 N–H and O–H groups in total. The van der Waals surface area contributed by atoms with Crippen LogP contribution in [0.3, 0.4) is 0 Å². The second kappa shape index (κ2) is 10.4. The molecule has 3 rings (SSSR count). The van der Waals surface area contributed by atoms with Gasteiger partial charge in [-0.3, -0.25) is 13.8 Å². The van der Waals surface area contributed by atoms with Crippen molar-refractivity contribution in [2.75, 3.05) is 55.0 Å². The number of nitrogens with zero attached hydrogens (tertiary/aromatic N) is 2. The Labute approximate surface area is 185 Å². The normalized spacial score (nSPS) is 14.8. The van der Waals surface area contributed by atoms with Crippen LogP contribution in [0.1, 0.15) is 11.1 Å². The molecule has 1 fully saturated rings. The predicted octanol–water partition coefficient (Wildman–Crippen LogP) is 2.35. The van der Waals surface area contributed by atoms with Gasteiger partial charge in [-0.2, -0.15) is 0 Å². The van der Waals surface area contributed by atoms with Crippen molar-refractivity contribution in [3.05, 3.63) is 53.6 Å². The minimum atomic E-state index is -1.55. The summed E-state index contributed by atoms with van der Waals surface area (Å²) in [4.78, 5) is 28.7. The van der Waals surface area contributed by atoms with E-state index in [4.69, 9.17) is 4.74 Å². The van der Waals surface area contributed by atoms with Gasteiger partial charge in [0, 0.05) is 48.4 Å². The maximum Gasteiger partial charge on any atom is 0.237 e. The average molecular weight is 444 g/mol. The number of hydrogen-bond acceptors (Lipinski definition) is 5. The number of nitrogens with one attached hydrogen (secondary N) is 1. The fourth-order valence-electron chi connectivity index (χ4n) is 3.57. The van der Waals surface area contributed by atoms with E-state index in [9.17, 15) is 13.8 Å². The summed E-state index contributed by atoms with van der Waals surface area (Å²) in [6.07, 6.45) is 0. The highest BCUT2D eigenvalue weighted by atomic mass is 32.2. The first kappa shape index (κ1) is 22.8. The minimum Gasteiger partial charge on any atom is -0.497 e. The number of methoxy groups -OCH3 is 1. The lowest BCUT2D eigenvalue weighted by Crippen LogP contribution is -2.50. The lowest BCUT2D eigenvalue weighted by molar-refractivity contribution is -0.128. The van der Waals surface area contributed by atoms with E-state index in [1.165, 1.54) is 16.8 Å². The molecule has 7 nitrogen and oxygen atoms in total. The van der Waals surface area contributed by atoms with Crippen LogP contribution in [0.4, 0.5) is 11.4 Å². The monoisotopic (exact) mass is 443 g/mol. The van der Waals surface area contributed by atoms with Crippen molar-refractivity contribution in [1.29, 1.82) is 0 Å². The van der Waals surface area contributed by atoms with E-state index in [-0.39, 0.29) is 23.3 Å². The van der Waals surface area contributed by atoms with E-state index in [0.29, 0.717) is 24.5 Å². The van der Waals surface area contributed by atoms with Crippen LogP contribution < -0.4 is 15.0 Å². The number of anilines is 2. The number of benzene rings is 2. The van der Waals surface area contributed by atoms with Gasteiger partial charge in [-0.15, -0.1) is 0 Å². The highest BCUT2D eigenvalue weighted by Gasteiger charge is 2.24. The van der Waals surface area contributed by atoms with Gasteiger partial charge in [0.2, 0.25) is 11.8 Å². The van der Waals surface area contributed by atoms with Crippen molar-refractivity contribution in [2.45, 2.75) is 13.8 Å². The van der Waals surface area contributed by atoms with Gasteiger partial charge in [-0.25, -0.2) is 0 Å². The van der Waals surface area contributed by atoms with Gasteiger partial charge in [0.1, 0.15) is 17.3 Å². The van der Waals surface area contributed by atoms with E-state index in [1.807, 2.05) is 0 Å². The molecule has 8 heteroatoms. The molecule has 2 amide bonds. The van der Waals surface area contributed by atoms with Crippen molar-refractivity contribution in [3.63, 3.8) is 0 Å². The average Bonchev–Trinajstić information content (AvgIpc) is 2.76. The molecule has 0 aliphatic carbocycles. The Kier molecular flexibility index (Phi) is 7.68. The van der Waals surface area contributed by atoms with E-state index < -0.39 is 10.8 Å². The smallest absolute Gasteiger partial charge is 0.237 e. The Morgan fingerprint density at radius 1 is 1.00 bits per heavy atom. The van der Waals surface area contributed by atoms with Crippen molar-refractivity contribution >= 4 is 34.0 Å². The van der Waals surface area contributed by atoms with Crippen LogP contribution in [-0.2, 0) is 20.4 Å². The molecule has 0 aromatic heterocycles. The summed E-state index contributed by atoms with van der Waals surface area (Å²) >= 11 is 0. The zero-order valence-electron chi connectivity index (χ0n) is 18.2. The largest absolute Gasteiger partial charge is 0.497 e. The molecule has 166 valence electrons. The Morgan fingerprint density at radius 2 is 1.68 bits per heavy atom. The summed E-state index contributed by atoms with van der Waals surface area (Å²) in [5, 5.41) is 2.69. The molecular weight excluding hydrogens is 414 g/mol. The van der Waals surface area contributed by atoms with E-state index in [0.717, 1.165) is 13.1 Å². The molecule has 31 heavy (non-hydrogen) atoms. The zero-order valence-corrected chi connectivity index (χ0v) is 19.0. The fraction of sp³-hybridized carbons (Fsp3) is 0.391. The highest BCUT2D eigenvalue weighted by Crippen LogP contribution is 2.24. The summed E-state index contributed by atoms with van der Waals surface area (Å²) in [6.45, 7) is 6.85. The number of amides is 2. The van der Waals surface area contributed by atoms with Crippen LogP contribution in [0.5, 0.6) is 5.75 Å². The van der Waals surface area contributed by atoms with Gasteiger partial charge in [0.05, 0.1) is 7.11 Å². The SMILES string of the molecule is COc1ccc(NC(=O)C[S@@](=O)CC(=O)N2CCN(c3cccc(C)c3C)CC2)cc1. The standard InChI is InChI=1S/C23H29N3O4S/c1-17-5-4-6-21(18(17)2)25-11-13-26(14-12-25)23(28)16-31(29)15-22(27)24-19-7-9-20(30-3)10-8-19/h4-10H,11-16H2,1-3H3,(H,24,27)/t31-/m1/s1. The Morgan fingerprint density at radius 3 is 2.32 bits per heavy atom. The van der Waals surface area contributed by atoms with Gasteiger partial charge in [0.25, 0.3) is 0 Å². The Balaban J connectivity index is 1.45. The summed E-state index contributed by atoms with van der Waals surface area (Å²) in [5.74, 6) is -0.211. The van der Waals surface area contributed by atoms with Crippen molar-refractivity contribution < 1.29 is 18.5 Å². The van der Waals surface area contributed by atoms with Crippen molar-refractivity contribution in [1.82, 2.24) is 4.90 Å². The molecule has 2 aromatic carbocycles. The van der Waals surface area contributed by atoms with Crippen molar-refractivity contribution in [2.24, 2.45) is 0 Å². The molecule has 1 heterocycles. The molecule has 1 aliphatic rings. The molecule has 0 saturated carbocycles. The van der Waals surface area contributed by atoms with Crippen LogP contribution in [0, 0.1) is 13.8 Å². The van der Waals surface area contributed by atoms with Crippen LogP contribution in [0.2, 0.25) is 0 Å². The molecule has 0 radical (unpaired) electrons. The molecule has 1 atom stereocenters. The second-order valence-corrected chi connectivity index (χ2v) is 9.05. The molecular formula is C23H29N3O4S. The Bertz CT molecular complexity index is 954. The number of aryl methyl sites for hydroxylation is 1. The number of hydrogen-bond donors (Lipinski definition) is 1. The number of piperazine rings is 1. The van der Waals surface area contributed by atoms with Gasteiger partial charge in [0.15, 0.2) is 0 Å². The van der Waals surface area contributed by atoms with Gasteiger partial charge >= 0.3 is 0 Å². The molecule has 0 bridgehead atoms. The van der Waals surface area contributed by atoms with Gasteiger partial charge < -0.3 is 19.9 Å². The third-order valence-electron chi connectivity index (χ3n) is 5.50. The first-order valence-corrected chi connectivity index (χ1v) is 11.7. The lowest BCUT2D eigenvalue weighted by atomic mass is 10.1. The van der Waals surface area contributed by atoms with Crippen molar-refractivity contribution in [3.8, 4) is 5.75 Å². The topological polar surface area (TPSA) is 78.9 Å². The highest BCUT2D eigenvalue weighted by molar-refractivity contribution is 7.86. The molecule has 1 aliphatic heterocycles. The van der Waals surface area contributed by atoms with Crippen LogP contribution in [-0.4, -0.2) is 65.7 Å². The fourth-order valence-corrected chi connectivity index (χ4v) is 4.50. The Hall–Kier alpha value is -2.87. The van der Waals surface area contributed by atoms with Crippen LogP contribution in [0.15, 0.2) is 42.5 Å². The van der Waals surface area contributed by atoms with Crippen LogP contribution in [0.25, 0.3) is 0 Å². The second-order valence-electron chi connectivity index (χ2n) is 7.59. The first-order chi connectivity index (χ1) is 14.9. The summed E-state index contributed by atoms with van der Waals surface area (Å²) in [6, 6.07) is 13.1. The lowest BCUT2D eigenvalue weighted by Gasteiger charge is -2.37. The molecule has 2 aromatic rings. The van der Waals surface area contributed by atoms with E-state index in [2.05, 4.69) is 42.3 Å². The quantitative estimate of drug-likeness (QED) is 0.711. The zero-order chi connectivity index (χ0) is 22.4. The summed E-state index contributed by atoms with van der Waals surface area (Å²) in [7, 11) is 0.0121. The predicted molar refractivity (Wildman–Crippen MR) is 124 cm³/mol. The maximum atomic E-state index is 12.6.